The summed E-state index contributed by atoms with van der Waals surface area (Å²) >= 11 is 1.88. The first-order valence-corrected chi connectivity index (χ1v) is 15.0. The van der Waals surface area contributed by atoms with Gasteiger partial charge in [-0.25, -0.2) is 4.98 Å². The Balaban J connectivity index is 1.37. The molecule has 3 aromatic heterocycles. The van der Waals surface area contributed by atoms with Crippen molar-refractivity contribution in [2.45, 2.75) is 0 Å². The third kappa shape index (κ3) is 3.47. The summed E-state index contributed by atoms with van der Waals surface area (Å²) in [5, 5.41) is 6.34. The number of fused-ring (bicyclic) bond motifs is 8. The van der Waals surface area contributed by atoms with Crippen LogP contribution in [-0.2, 0) is 0 Å². The number of benzene rings is 6. The molecule has 42 heavy (non-hydrogen) atoms. The summed E-state index contributed by atoms with van der Waals surface area (Å²) in [4.78, 5) is 5.33. The van der Waals surface area contributed by atoms with Gasteiger partial charge in [-0.3, -0.25) is 4.57 Å². The molecular formula is C39H24N2S. The molecule has 0 spiro atoms. The molecule has 0 unspecified atom stereocenters. The predicted molar refractivity (Wildman–Crippen MR) is 180 cm³/mol. The van der Waals surface area contributed by atoms with Gasteiger partial charge in [0.15, 0.2) is 0 Å². The van der Waals surface area contributed by atoms with Gasteiger partial charge in [0.1, 0.15) is 5.82 Å². The number of nitrogens with zero attached hydrogens (tertiary/aromatic N) is 2. The van der Waals surface area contributed by atoms with Crippen LogP contribution in [0.1, 0.15) is 0 Å². The Morgan fingerprint density at radius 3 is 2.02 bits per heavy atom. The molecule has 196 valence electrons. The minimum atomic E-state index is 0.931. The van der Waals surface area contributed by atoms with Gasteiger partial charge in [0.2, 0.25) is 0 Å². The number of para-hydroxylation sites is 1. The number of hydrogen-bond acceptors (Lipinski definition) is 2. The van der Waals surface area contributed by atoms with Crippen LogP contribution in [0.3, 0.4) is 0 Å². The Hall–Kier alpha value is -5.25. The second kappa shape index (κ2) is 9.13. The molecule has 3 heteroatoms. The van der Waals surface area contributed by atoms with Gasteiger partial charge >= 0.3 is 0 Å². The minimum absolute atomic E-state index is 0.931. The van der Waals surface area contributed by atoms with Crippen LogP contribution < -0.4 is 0 Å². The largest absolute Gasteiger partial charge is 0.294 e. The van der Waals surface area contributed by atoms with E-state index in [2.05, 4.69) is 150 Å². The Labute approximate surface area is 246 Å². The zero-order valence-corrected chi connectivity index (χ0v) is 23.5. The zero-order chi connectivity index (χ0) is 27.6. The van der Waals surface area contributed by atoms with Crippen LogP contribution in [-0.4, -0.2) is 9.55 Å². The SMILES string of the molecule is c1ccc(-c2ccc3nc(-n4c5ccccc5c5c6sc7ccccc7c6ccc54)cc(-c4ccccc4)c3c2)cc1. The lowest BCUT2D eigenvalue weighted by Gasteiger charge is -2.14. The molecule has 6 aromatic carbocycles. The molecule has 9 rings (SSSR count). The molecule has 0 aliphatic rings. The van der Waals surface area contributed by atoms with Crippen molar-refractivity contribution in [1.82, 2.24) is 9.55 Å². The maximum Gasteiger partial charge on any atom is 0.138 e. The van der Waals surface area contributed by atoms with Crippen molar-refractivity contribution >= 4 is 64.2 Å². The maximum absolute atomic E-state index is 5.33. The number of pyridine rings is 1. The molecule has 0 saturated carbocycles. The van der Waals surface area contributed by atoms with Crippen LogP contribution in [0.4, 0.5) is 0 Å². The first-order valence-electron chi connectivity index (χ1n) is 14.2. The Kier molecular flexibility index (Phi) is 5.10. The number of aromatic nitrogens is 2. The van der Waals surface area contributed by atoms with E-state index >= 15 is 0 Å². The smallest absolute Gasteiger partial charge is 0.138 e. The third-order valence-electron chi connectivity index (χ3n) is 8.40. The van der Waals surface area contributed by atoms with Crippen LogP contribution in [0.2, 0.25) is 0 Å². The minimum Gasteiger partial charge on any atom is -0.294 e. The van der Waals surface area contributed by atoms with Crippen molar-refractivity contribution in [2.24, 2.45) is 0 Å². The maximum atomic E-state index is 5.33. The van der Waals surface area contributed by atoms with Gasteiger partial charge in [-0.15, -0.1) is 11.3 Å². The summed E-state index contributed by atoms with van der Waals surface area (Å²) in [5.74, 6) is 0.931. The van der Waals surface area contributed by atoms with Crippen LogP contribution in [0.5, 0.6) is 0 Å². The fourth-order valence-electron chi connectivity index (χ4n) is 6.47. The second-order valence-corrected chi connectivity index (χ2v) is 11.8. The summed E-state index contributed by atoms with van der Waals surface area (Å²) in [6.45, 7) is 0. The molecule has 0 bridgehead atoms. The molecule has 0 aliphatic carbocycles. The summed E-state index contributed by atoms with van der Waals surface area (Å²) in [6.07, 6.45) is 0. The van der Waals surface area contributed by atoms with Crippen LogP contribution in [0, 0.1) is 0 Å². The highest BCUT2D eigenvalue weighted by atomic mass is 32.1. The topological polar surface area (TPSA) is 17.8 Å². The summed E-state index contributed by atoms with van der Waals surface area (Å²) in [7, 11) is 0. The van der Waals surface area contributed by atoms with Crippen LogP contribution in [0.25, 0.3) is 81.0 Å². The van der Waals surface area contributed by atoms with Gasteiger partial charge in [-0.1, -0.05) is 109 Å². The molecular weight excluding hydrogens is 529 g/mol. The average Bonchev–Trinajstić information content (AvgIpc) is 3.61. The van der Waals surface area contributed by atoms with Gasteiger partial charge in [0.25, 0.3) is 0 Å². The number of thiophene rings is 1. The lowest BCUT2D eigenvalue weighted by molar-refractivity contribution is 1.10. The van der Waals surface area contributed by atoms with E-state index in [1.807, 2.05) is 11.3 Å². The Morgan fingerprint density at radius 1 is 0.476 bits per heavy atom. The van der Waals surface area contributed by atoms with Crippen LogP contribution >= 0.6 is 11.3 Å². The molecule has 9 aromatic rings. The highest BCUT2D eigenvalue weighted by Crippen LogP contribution is 2.43. The van der Waals surface area contributed by atoms with E-state index in [1.165, 1.54) is 64.2 Å². The third-order valence-corrected chi connectivity index (χ3v) is 9.60. The van der Waals surface area contributed by atoms with E-state index in [9.17, 15) is 0 Å². The van der Waals surface area contributed by atoms with Crippen LogP contribution in [0.15, 0.2) is 146 Å². The van der Waals surface area contributed by atoms with Gasteiger partial charge < -0.3 is 0 Å². The number of hydrogen-bond donors (Lipinski definition) is 0. The van der Waals surface area contributed by atoms with Crippen molar-refractivity contribution in [3.8, 4) is 28.1 Å². The lowest BCUT2D eigenvalue weighted by atomic mass is 9.97. The van der Waals surface area contributed by atoms with Crippen molar-refractivity contribution in [1.29, 1.82) is 0 Å². The van der Waals surface area contributed by atoms with Crippen molar-refractivity contribution < 1.29 is 0 Å². The summed E-state index contributed by atoms with van der Waals surface area (Å²) in [6, 6.07) is 52.2. The first kappa shape index (κ1) is 23.5. The highest BCUT2D eigenvalue weighted by molar-refractivity contribution is 7.26. The average molecular weight is 553 g/mol. The Morgan fingerprint density at radius 2 is 1.19 bits per heavy atom. The fourth-order valence-corrected chi connectivity index (χ4v) is 7.73. The van der Waals surface area contributed by atoms with E-state index in [4.69, 9.17) is 4.98 Å². The predicted octanol–water partition coefficient (Wildman–Crippen LogP) is 11.0. The molecule has 0 N–H and O–H groups in total. The summed E-state index contributed by atoms with van der Waals surface area (Å²) < 4.78 is 5.01. The monoisotopic (exact) mass is 552 g/mol. The van der Waals surface area contributed by atoms with E-state index in [-0.39, 0.29) is 0 Å². The quantitative estimate of drug-likeness (QED) is 0.213. The fraction of sp³-hybridized carbons (Fsp3) is 0. The molecule has 3 heterocycles. The van der Waals surface area contributed by atoms with Gasteiger partial charge in [0, 0.05) is 36.3 Å². The molecule has 0 amide bonds. The Bertz CT molecular complexity index is 2450. The van der Waals surface area contributed by atoms with Gasteiger partial charge in [-0.2, -0.15) is 0 Å². The zero-order valence-electron chi connectivity index (χ0n) is 22.7. The van der Waals surface area contributed by atoms with E-state index in [1.54, 1.807) is 0 Å². The molecule has 2 nitrogen and oxygen atoms in total. The van der Waals surface area contributed by atoms with Crippen molar-refractivity contribution in [3.63, 3.8) is 0 Å². The normalized spacial score (nSPS) is 11.8. The van der Waals surface area contributed by atoms with Crippen molar-refractivity contribution in [3.05, 3.63) is 146 Å². The standard InChI is InChI=1S/C39H24N2S/c1-3-11-25(12-4-1)27-19-21-33-32(23-27)31(26-13-5-2-6-14-26)24-37(40-33)41-34-17-9-7-16-30(34)38-35(41)22-20-29-28-15-8-10-18-36(28)42-39(29)38/h1-24H. The van der Waals surface area contributed by atoms with E-state index in [0.717, 1.165) is 16.7 Å². The molecule has 0 atom stereocenters. The van der Waals surface area contributed by atoms with E-state index in [0.29, 0.717) is 0 Å². The molecule has 0 fully saturated rings. The summed E-state index contributed by atoms with van der Waals surface area (Å²) in [5.41, 5.74) is 8.11. The number of rotatable bonds is 3. The second-order valence-electron chi connectivity index (χ2n) is 10.8. The molecule has 0 aliphatic heterocycles. The van der Waals surface area contributed by atoms with Gasteiger partial charge in [0.05, 0.1) is 16.6 Å². The first-order chi connectivity index (χ1) is 20.8. The van der Waals surface area contributed by atoms with Gasteiger partial charge in [-0.05, 0) is 58.7 Å². The van der Waals surface area contributed by atoms with E-state index < -0.39 is 0 Å². The highest BCUT2D eigenvalue weighted by Gasteiger charge is 2.19. The lowest BCUT2D eigenvalue weighted by Crippen LogP contribution is -1.99. The molecule has 0 saturated heterocycles. The molecule has 0 radical (unpaired) electrons. The van der Waals surface area contributed by atoms with Crippen molar-refractivity contribution in [2.75, 3.05) is 0 Å².